The Bertz CT molecular complexity index is 955. The molecule has 8 nitrogen and oxygen atoms in total. The summed E-state index contributed by atoms with van der Waals surface area (Å²) in [5, 5.41) is 20.6. The molecule has 3 aliphatic rings. The number of allylic oxidation sites excluding steroid dienone is 2. The van der Waals surface area contributed by atoms with Gasteiger partial charge in [-0.15, -0.1) is 0 Å². The number of nitro benzene ring substituents is 1. The molecule has 9 heteroatoms. The summed E-state index contributed by atoms with van der Waals surface area (Å²) in [5.41, 5.74) is 0.529. The zero-order valence-electron chi connectivity index (χ0n) is 17.2. The number of rotatable bonds is 10. The molecule has 1 aromatic carbocycles. The lowest BCUT2D eigenvalue weighted by molar-refractivity contribution is -0.384. The lowest BCUT2D eigenvalue weighted by Crippen LogP contribution is -2.49. The summed E-state index contributed by atoms with van der Waals surface area (Å²) in [6.45, 7) is 0. The van der Waals surface area contributed by atoms with Crippen LogP contribution in [0.1, 0.15) is 50.5 Å². The van der Waals surface area contributed by atoms with Crippen molar-refractivity contribution in [3.63, 3.8) is 0 Å². The number of nitrogens with one attached hydrogen (secondary N) is 1. The largest absolute Gasteiger partial charge is 0.481 e. The summed E-state index contributed by atoms with van der Waals surface area (Å²) in [5.74, 6) is 0.248. The lowest BCUT2D eigenvalue weighted by Gasteiger charge is -2.46. The maximum atomic E-state index is 12.6. The zero-order valence-corrected chi connectivity index (χ0v) is 18.0. The number of unbranched alkanes of at least 4 members (excludes halogenated alkanes) is 1. The fraction of sp³-hybridized carbons (Fsp3) is 0.500. The fourth-order valence-corrected chi connectivity index (χ4v) is 5.80. The number of aliphatic carboxylic acids is 1. The van der Waals surface area contributed by atoms with Crippen LogP contribution in [0.15, 0.2) is 41.8 Å². The number of benzene rings is 1. The van der Waals surface area contributed by atoms with Crippen LogP contribution in [0.25, 0.3) is 6.08 Å². The number of carboxylic acids is 1. The van der Waals surface area contributed by atoms with E-state index in [0.717, 1.165) is 31.1 Å². The number of fused-ring (bicyclic) bond motifs is 3. The van der Waals surface area contributed by atoms with Crippen LogP contribution in [0.2, 0.25) is 0 Å². The van der Waals surface area contributed by atoms with Gasteiger partial charge in [-0.2, -0.15) is 0 Å². The van der Waals surface area contributed by atoms with Gasteiger partial charge in [-0.25, -0.2) is 13.1 Å². The van der Waals surface area contributed by atoms with E-state index in [2.05, 4.69) is 10.8 Å². The number of carbonyl (C=O) groups is 1. The van der Waals surface area contributed by atoms with Crippen molar-refractivity contribution in [1.29, 1.82) is 0 Å². The number of carboxylic acid groups (broad SMARTS) is 1. The Morgan fingerprint density at radius 3 is 2.61 bits per heavy atom. The summed E-state index contributed by atoms with van der Waals surface area (Å²) in [6.07, 6.45) is 11.1. The summed E-state index contributed by atoms with van der Waals surface area (Å²) < 4.78 is 28.1. The van der Waals surface area contributed by atoms with Crippen molar-refractivity contribution in [1.82, 2.24) is 4.72 Å². The maximum absolute atomic E-state index is 12.6. The van der Waals surface area contributed by atoms with Crippen molar-refractivity contribution in [2.75, 3.05) is 0 Å². The molecule has 3 aliphatic carbocycles. The third kappa shape index (κ3) is 6.73. The summed E-state index contributed by atoms with van der Waals surface area (Å²) in [4.78, 5) is 20.8. The maximum Gasteiger partial charge on any atom is 0.303 e. The smallest absolute Gasteiger partial charge is 0.303 e. The van der Waals surface area contributed by atoms with E-state index < -0.39 is 20.9 Å². The predicted molar refractivity (Wildman–Crippen MR) is 118 cm³/mol. The molecular formula is C22H28N2O6S. The molecule has 3 saturated carbocycles. The van der Waals surface area contributed by atoms with Gasteiger partial charge in [-0.3, -0.25) is 14.9 Å². The van der Waals surface area contributed by atoms with Crippen LogP contribution in [0, 0.1) is 27.9 Å². The van der Waals surface area contributed by atoms with Crippen LogP contribution in [-0.2, 0) is 14.8 Å². The summed E-state index contributed by atoms with van der Waals surface area (Å²) in [7, 11) is -3.64. The van der Waals surface area contributed by atoms with Crippen molar-refractivity contribution in [3.05, 3.63) is 57.5 Å². The van der Waals surface area contributed by atoms with E-state index in [9.17, 15) is 23.3 Å². The van der Waals surface area contributed by atoms with Gasteiger partial charge in [-0.05, 0) is 73.6 Å². The Hall–Kier alpha value is -2.52. The molecule has 0 saturated heterocycles. The Balaban J connectivity index is 1.59. The van der Waals surface area contributed by atoms with Gasteiger partial charge in [-0.1, -0.05) is 18.6 Å². The SMILES string of the molecule is O=C(O)CCC/C=C/C1CC2CCC1C(NS(=O)(=O)/C=C/c1ccc([N+](=O)[O-])cc1)C2. The van der Waals surface area contributed by atoms with Crippen LogP contribution in [0.4, 0.5) is 5.69 Å². The average Bonchev–Trinajstić information content (AvgIpc) is 2.72. The monoisotopic (exact) mass is 448 g/mol. The first-order chi connectivity index (χ1) is 14.7. The van der Waals surface area contributed by atoms with Gasteiger partial charge in [0.05, 0.1) is 4.92 Å². The van der Waals surface area contributed by atoms with Gasteiger partial charge < -0.3 is 5.11 Å². The van der Waals surface area contributed by atoms with E-state index in [1.807, 2.05) is 6.08 Å². The number of nitrogens with zero attached hydrogens (tertiary/aromatic N) is 1. The van der Waals surface area contributed by atoms with Gasteiger partial charge in [0.15, 0.2) is 0 Å². The number of nitro groups is 1. The highest BCUT2D eigenvalue weighted by Gasteiger charge is 2.42. The first-order valence-electron chi connectivity index (χ1n) is 10.6. The number of sulfonamides is 1. The van der Waals surface area contributed by atoms with E-state index in [1.54, 1.807) is 0 Å². The van der Waals surface area contributed by atoms with Gasteiger partial charge in [0.25, 0.3) is 5.69 Å². The molecule has 1 aromatic rings. The molecule has 0 amide bonds. The van der Waals surface area contributed by atoms with E-state index >= 15 is 0 Å². The normalized spacial score (nSPS) is 25.9. The molecule has 0 heterocycles. The topological polar surface area (TPSA) is 127 Å². The molecule has 0 spiro atoms. The van der Waals surface area contributed by atoms with Gasteiger partial charge in [0.1, 0.15) is 0 Å². The second kappa shape index (κ2) is 10.2. The summed E-state index contributed by atoms with van der Waals surface area (Å²) in [6, 6.07) is 5.59. The first kappa shape index (κ1) is 23.1. The molecule has 3 fully saturated rings. The van der Waals surface area contributed by atoms with E-state index in [0.29, 0.717) is 30.2 Å². The van der Waals surface area contributed by atoms with Gasteiger partial charge >= 0.3 is 5.97 Å². The predicted octanol–water partition coefficient (Wildman–Crippen LogP) is 4.10. The van der Waals surface area contributed by atoms with E-state index in [-0.39, 0.29) is 24.1 Å². The third-order valence-electron chi connectivity index (χ3n) is 6.17. The summed E-state index contributed by atoms with van der Waals surface area (Å²) >= 11 is 0. The minimum absolute atomic E-state index is 0.0431. The van der Waals surface area contributed by atoms with Crippen LogP contribution in [-0.4, -0.2) is 30.5 Å². The van der Waals surface area contributed by atoms with Crippen molar-refractivity contribution in [2.24, 2.45) is 17.8 Å². The van der Waals surface area contributed by atoms with Crippen LogP contribution >= 0.6 is 0 Å². The minimum Gasteiger partial charge on any atom is -0.481 e. The number of hydrogen-bond donors (Lipinski definition) is 2. The van der Waals surface area contributed by atoms with E-state index in [4.69, 9.17) is 5.11 Å². The first-order valence-corrected chi connectivity index (χ1v) is 12.1. The second-order valence-electron chi connectivity index (χ2n) is 8.38. The molecule has 0 radical (unpaired) electrons. The Morgan fingerprint density at radius 1 is 1.23 bits per heavy atom. The second-order valence-corrected chi connectivity index (χ2v) is 9.98. The van der Waals surface area contributed by atoms with Gasteiger partial charge in [0.2, 0.25) is 10.0 Å². The Labute approximate surface area is 182 Å². The molecule has 2 N–H and O–H groups in total. The van der Waals surface area contributed by atoms with Crippen LogP contribution < -0.4 is 4.72 Å². The van der Waals surface area contributed by atoms with Crippen molar-refractivity contribution in [2.45, 2.75) is 51.0 Å². The van der Waals surface area contributed by atoms with Crippen molar-refractivity contribution < 1.29 is 23.2 Å². The highest BCUT2D eigenvalue weighted by atomic mass is 32.2. The molecule has 4 rings (SSSR count). The minimum atomic E-state index is -3.64. The highest BCUT2D eigenvalue weighted by Crippen LogP contribution is 2.46. The highest BCUT2D eigenvalue weighted by molar-refractivity contribution is 7.92. The standard InChI is InChI=1S/C22H28N2O6S/c25-22(26)5-3-1-2-4-18-14-17-8-11-20(18)21(15-17)23-31(29,30)13-12-16-6-9-19(10-7-16)24(27)28/h2,4,6-7,9-10,12-13,17-18,20-21,23H,1,3,5,8,11,14-15H2,(H,25,26)/b4-2+,13-12+. The van der Waals surface area contributed by atoms with Crippen molar-refractivity contribution in [3.8, 4) is 0 Å². The molecule has 31 heavy (non-hydrogen) atoms. The van der Waals surface area contributed by atoms with Crippen molar-refractivity contribution >= 4 is 27.8 Å². The zero-order chi connectivity index (χ0) is 22.4. The molecule has 2 bridgehead atoms. The van der Waals surface area contributed by atoms with Crippen LogP contribution in [0.3, 0.4) is 0 Å². The van der Waals surface area contributed by atoms with Gasteiger partial charge in [0, 0.05) is 30.0 Å². The fourth-order valence-electron chi connectivity index (χ4n) is 4.69. The number of hydrogen-bond acceptors (Lipinski definition) is 5. The Kier molecular flexibility index (Phi) is 7.61. The third-order valence-corrected chi connectivity index (χ3v) is 7.30. The molecule has 4 unspecified atom stereocenters. The molecule has 0 aliphatic heterocycles. The number of non-ortho nitro benzene ring substituents is 1. The molecule has 0 aromatic heterocycles. The van der Waals surface area contributed by atoms with E-state index in [1.165, 1.54) is 30.3 Å². The Morgan fingerprint density at radius 2 is 1.97 bits per heavy atom. The molecular weight excluding hydrogens is 420 g/mol. The lowest BCUT2D eigenvalue weighted by atomic mass is 9.62. The molecule has 4 atom stereocenters. The quantitative estimate of drug-likeness (QED) is 0.240. The molecule has 168 valence electrons. The van der Waals surface area contributed by atoms with Crippen LogP contribution in [0.5, 0.6) is 0 Å². The average molecular weight is 449 g/mol.